The maximum absolute atomic E-state index is 6.06. The Balaban J connectivity index is 2.91. The van der Waals surface area contributed by atoms with Crippen molar-refractivity contribution in [2.24, 2.45) is 0 Å². The van der Waals surface area contributed by atoms with E-state index in [0.29, 0.717) is 5.15 Å². The van der Waals surface area contributed by atoms with Gasteiger partial charge in [-0.1, -0.05) is 32.4 Å². The number of aromatic nitrogens is 3. The van der Waals surface area contributed by atoms with Crippen LogP contribution in [0.2, 0.25) is 5.15 Å². The van der Waals surface area contributed by atoms with Crippen molar-refractivity contribution < 1.29 is 0 Å². The molecule has 0 saturated carbocycles. The summed E-state index contributed by atoms with van der Waals surface area (Å²) in [7, 11) is 0. The lowest BCUT2D eigenvalue weighted by Crippen LogP contribution is -2.15. The van der Waals surface area contributed by atoms with Crippen molar-refractivity contribution in [3.63, 3.8) is 0 Å². The van der Waals surface area contributed by atoms with E-state index in [9.17, 15) is 0 Å². The van der Waals surface area contributed by atoms with Crippen molar-refractivity contribution in [3.05, 3.63) is 21.1 Å². The average molecular weight is 303 g/mol. The highest BCUT2D eigenvalue weighted by Gasteiger charge is 2.23. The first-order chi connectivity index (χ1) is 7.30. The summed E-state index contributed by atoms with van der Waals surface area (Å²) in [5.74, 6) is 0.753. The molecular formula is C11H13BrClN3. The lowest BCUT2D eigenvalue weighted by Gasteiger charge is -2.19. The van der Waals surface area contributed by atoms with Crippen LogP contribution in [0.3, 0.4) is 0 Å². The number of halogens is 2. The van der Waals surface area contributed by atoms with Crippen molar-refractivity contribution in [3.8, 4) is 0 Å². The van der Waals surface area contributed by atoms with Crippen LogP contribution in [0.5, 0.6) is 0 Å². The minimum absolute atomic E-state index is 0.0417. The zero-order valence-electron chi connectivity index (χ0n) is 9.65. The first-order valence-corrected chi connectivity index (χ1v) is 6.19. The van der Waals surface area contributed by atoms with Gasteiger partial charge in [-0.15, -0.1) is 0 Å². The molecule has 2 aromatic rings. The van der Waals surface area contributed by atoms with E-state index in [1.165, 1.54) is 0 Å². The van der Waals surface area contributed by atoms with Crippen LogP contribution in [-0.4, -0.2) is 15.0 Å². The van der Waals surface area contributed by atoms with Crippen LogP contribution in [0, 0.1) is 6.92 Å². The van der Waals surface area contributed by atoms with Crippen molar-refractivity contribution >= 4 is 38.6 Å². The minimum Gasteiger partial charge on any atom is -0.329 e. The fourth-order valence-electron chi connectivity index (χ4n) is 1.68. The molecule has 0 spiro atoms. The van der Waals surface area contributed by atoms with Gasteiger partial charge in [-0.25, -0.2) is 9.97 Å². The Bertz CT molecular complexity index is 554. The summed E-state index contributed by atoms with van der Waals surface area (Å²) < 4.78 is 0.842. The van der Waals surface area contributed by atoms with Crippen LogP contribution in [0.1, 0.15) is 32.3 Å². The molecule has 0 radical (unpaired) electrons. The molecule has 0 atom stereocenters. The molecular weight excluding hydrogens is 289 g/mol. The van der Waals surface area contributed by atoms with E-state index in [1.807, 2.05) is 6.92 Å². The zero-order chi connectivity index (χ0) is 12.1. The van der Waals surface area contributed by atoms with E-state index in [1.54, 1.807) is 0 Å². The molecule has 0 saturated heterocycles. The standard InChI is InChI=1S/C11H13BrClN3/c1-5-14-8(11(2,3)4)6-7(12)9(13)16-10(6)15-5/h1-4H3,(H,14,15,16). The normalized spacial score (nSPS) is 12.4. The van der Waals surface area contributed by atoms with Gasteiger partial charge >= 0.3 is 0 Å². The largest absolute Gasteiger partial charge is 0.329 e. The number of aromatic amines is 1. The van der Waals surface area contributed by atoms with Gasteiger partial charge in [0.15, 0.2) is 0 Å². The van der Waals surface area contributed by atoms with Gasteiger partial charge in [-0.2, -0.15) is 0 Å². The first-order valence-electron chi connectivity index (χ1n) is 5.02. The van der Waals surface area contributed by atoms with Gasteiger partial charge in [0.25, 0.3) is 0 Å². The summed E-state index contributed by atoms with van der Waals surface area (Å²) in [6.45, 7) is 8.27. The lowest BCUT2D eigenvalue weighted by molar-refractivity contribution is 0.571. The average Bonchev–Trinajstić information content (AvgIpc) is 2.39. The van der Waals surface area contributed by atoms with Gasteiger partial charge in [0.1, 0.15) is 16.6 Å². The Morgan fingerprint density at radius 2 is 1.88 bits per heavy atom. The van der Waals surface area contributed by atoms with Crippen molar-refractivity contribution in [1.29, 1.82) is 0 Å². The molecule has 0 aliphatic carbocycles. The third-order valence-electron chi connectivity index (χ3n) is 2.37. The monoisotopic (exact) mass is 301 g/mol. The molecule has 16 heavy (non-hydrogen) atoms. The van der Waals surface area contributed by atoms with E-state index in [-0.39, 0.29) is 5.41 Å². The summed E-state index contributed by atoms with van der Waals surface area (Å²) in [6, 6.07) is 0. The summed E-state index contributed by atoms with van der Waals surface area (Å²) in [5, 5.41) is 1.54. The SMILES string of the molecule is Cc1nc(C(C)(C)C)c2c(Br)c(Cl)[nH]c2n1. The number of hydrogen-bond acceptors (Lipinski definition) is 2. The maximum atomic E-state index is 6.06. The molecule has 2 heterocycles. The predicted molar refractivity (Wildman–Crippen MR) is 70.0 cm³/mol. The highest BCUT2D eigenvalue weighted by Crippen LogP contribution is 2.36. The quantitative estimate of drug-likeness (QED) is 0.800. The minimum atomic E-state index is -0.0417. The number of fused-ring (bicyclic) bond motifs is 1. The van der Waals surface area contributed by atoms with Crippen LogP contribution < -0.4 is 0 Å². The molecule has 0 amide bonds. The molecule has 0 bridgehead atoms. The molecule has 0 aliphatic rings. The number of nitrogens with zero attached hydrogens (tertiary/aromatic N) is 2. The van der Waals surface area contributed by atoms with E-state index in [2.05, 4.69) is 51.7 Å². The number of hydrogen-bond donors (Lipinski definition) is 1. The van der Waals surface area contributed by atoms with Gasteiger partial charge in [0, 0.05) is 5.41 Å². The summed E-state index contributed by atoms with van der Waals surface area (Å²) in [6.07, 6.45) is 0. The summed E-state index contributed by atoms with van der Waals surface area (Å²) in [5.41, 5.74) is 1.75. The Labute approximate surface area is 108 Å². The predicted octanol–water partition coefficient (Wildman–Crippen LogP) is 3.98. The molecule has 0 aliphatic heterocycles. The van der Waals surface area contributed by atoms with Crippen LogP contribution in [0.4, 0.5) is 0 Å². The van der Waals surface area contributed by atoms with Crippen molar-refractivity contribution in [1.82, 2.24) is 15.0 Å². The van der Waals surface area contributed by atoms with E-state index >= 15 is 0 Å². The summed E-state index contributed by atoms with van der Waals surface area (Å²) in [4.78, 5) is 11.9. The number of nitrogens with one attached hydrogen (secondary N) is 1. The Morgan fingerprint density at radius 1 is 1.25 bits per heavy atom. The highest BCUT2D eigenvalue weighted by atomic mass is 79.9. The molecule has 0 unspecified atom stereocenters. The number of H-pyrrole nitrogens is 1. The molecule has 0 aromatic carbocycles. The Morgan fingerprint density at radius 3 is 2.44 bits per heavy atom. The summed E-state index contributed by atoms with van der Waals surface area (Å²) >= 11 is 9.53. The van der Waals surface area contributed by atoms with E-state index in [0.717, 1.165) is 27.0 Å². The van der Waals surface area contributed by atoms with Gasteiger partial charge in [0.2, 0.25) is 0 Å². The Kier molecular flexibility index (Phi) is 2.75. The third-order valence-corrected chi connectivity index (χ3v) is 3.68. The van der Waals surface area contributed by atoms with Gasteiger partial charge in [0.05, 0.1) is 15.6 Å². The maximum Gasteiger partial charge on any atom is 0.143 e. The molecule has 2 rings (SSSR count). The van der Waals surface area contributed by atoms with Crippen LogP contribution in [-0.2, 0) is 5.41 Å². The molecule has 86 valence electrons. The smallest absolute Gasteiger partial charge is 0.143 e. The zero-order valence-corrected chi connectivity index (χ0v) is 12.0. The Hall–Kier alpha value is -0.610. The van der Waals surface area contributed by atoms with Crippen LogP contribution in [0.25, 0.3) is 11.0 Å². The highest BCUT2D eigenvalue weighted by molar-refractivity contribution is 9.10. The van der Waals surface area contributed by atoms with E-state index in [4.69, 9.17) is 11.6 Å². The first kappa shape index (κ1) is 11.9. The molecule has 0 fully saturated rings. The van der Waals surface area contributed by atoms with E-state index < -0.39 is 0 Å². The number of aryl methyl sites for hydroxylation is 1. The van der Waals surface area contributed by atoms with Gasteiger partial charge in [-0.05, 0) is 22.9 Å². The van der Waals surface area contributed by atoms with Gasteiger partial charge < -0.3 is 4.98 Å². The molecule has 2 aromatic heterocycles. The molecule has 3 nitrogen and oxygen atoms in total. The van der Waals surface area contributed by atoms with Crippen molar-refractivity contribution in [2.45, 2.75) is 33.1 Å². The van der Waals surface area contributed by atoms with Crippen LogP contribution in [0.15, 0.2) is 4.47 Å². The van der Waals surface area contributed by atoms with Crippen molar-refractivity contribution in [2.75, 3.05) is 0 Å². The van der Waals surface area contributed by atoms with Gasteiger partial charge in [-0.3, -0.25) is 0 Å². The van der Waals surface area contributed by atoms with Crippen LogP contribution >= 0.6 is 27.5 Å². The third kappa shape index (κ3) is 1.84. The second-order valence-electron chi connectivity index (χ2n) is 4.85. The fraction of sp³-hybridized carbons (Fsp3) is 0.455. The lowest BCUT2D eigenvalue weighted by atomic mass is 9.90. The second kappa shape index (κ2) is 3.70. The number of rotatable bonds is 0. The topological polar surface area (TPSA) is 41.6 Å². The second-order valence-corrected chi connectivity index (χ2v) is 6.02. The molecule has 5 heteroatoms. The molecule has 1 N–H and O–H groups in total. The fourth-order valence-corrected chi connectivity index (χ4v) is 2.34.